The number of hydrogen-bond acceptors (Lipinski definition) is 5. The lowest BCUT2D eigenvalue weighted by Gasteiger charge is -2.27. The highest BCUT2D eigenvalue weighted by molar-refractivity contribution is 6.25. The Hall–Kier alpha value is -2.70. The van der Waals surface area contributed by atoms with Crippen molar-refractivity contribution in [2.24, 2.45) is 0 Å². The van der Waals surface area contributed by atoms with Crippen molar-refractivity contribution in [2.45, 2.75) is 59.0 Å². The molecule has 0 spiro atoms. The Morgan fingerprint density at radius 2 is 1.88 bits per heavy atom. The van der Waals surface area contributed by atoms with Gasteiger partial charge in [0.1, 0.15) is 6.04 Å². The van der Waals surface area contributed by atoms with E-state index in [0.717, 1.165) is 11.3 Å². The van der Waals surface area contributed by atoms with Gasteiger partial charge >= 0.3 is 0 Å². The summed E-state index contributed by atoms with van der Waals surface area (Å²) in [6.07, 6.45) is 1.13. The average molecular weight is 359 g/mol. The van der Waals surface area contributed by atoms with Crippen molar-refractivity contribution in [3.63, 3.8) is 0 Å². The fourth-order valence-electron chi connectivity index (χ4n) is 3.00. The molecule has 2 N–H and O–H groups in total. The highest BCUT2D eigenvalue weighted by Crippen LogP contribution is 2.32. The summed E-state index contributed by atoms with van der Waals surface area (Å²) in [6.45, 7) is 8.00. The first-order valence-corrected chi connectivity index (χ1v) is 9.05. The van der Waals surface area contributed by atoms with Crippen molar-refractivity contribution >= 4 is 29.3 Å². The Kier molecular flexibility index (Phi) is 6.13. The highest BCUT2D eigenvalue weighted by Gasteiger charge is 2.45. The zero-order valence-electron chi connectivity index (χ0n) is 15.6. The van der Waals surface area contributed by atoms with Crippen molar-refractivity contribution in [1.29, 1.82) is 0 Å². The molecule has 26 heavy (non-hydrogen) atoms. The smallest absolute Gasteiger partial charge is 0.264 e. The maximum atomic E-state index is 12.8. The molecule has 0 aliphatic carbocycles. The van der Waals surface area contributed by atoms with Crippen molar-refractivity contribution in [3.8, 4) is 0 Å². The predicted octanol–water partition coefficient (Wildman–Crippen LogP) is 2.32. The molecule has 0 radical (unpaired) electrons. The zero-order valence-corrected chi connectivity index (χ0v) is 15.6. The van der Waals surface area contributed by atoms with Crippen molar-refractivity contribution in [3.05, 3.63) is 29.3 Å². The minimum absolute atomic E-state index is 0.113. The minimum Gasteiger partial charge on any atom is -0.382 e. The molecule has 1 aromatic carbocycles. The molecule has 140 valence electrons. The van der Waals surface area contributed by atoms with E-state index < -0.39 is 23.8 Å². The number of rotatable bonds is 4. The number of hydrogen-bond donors (Lipinski definition) is 2. The van der Waals surface area contributed by atoms with Crippen molar-refractivity contribution in [2.75, 3.05) is 5.32 Å². The fourth-order valence-corrected chi connectivity index (χ4v) is 3.00. The van der Waals surface area contributed by atoms with Crippen LogP contribution in [0, 0.1) is 0 Å². The van der Waals surface area contributed by atoms with E-state index in [-0.39, 0.29) is 30.4 Å². The van der Waals surface area contributed by atoms with Crippen LogP contribution < -0.4 is 10.6 Å². The molecule has 0 saturated carbocycles. The number of carbonyl (C=O) groups is 4. The molecule has 0 bridgehead atoms. The van der Waals surface area contributed by atoms with E-state index in [1.165, 1.54) is 0 Å². The number of carbonyl (C=O) groups excluding carboxylic acids is 4. The van der Waals surface area contributed by atoms with Gasteiger partial charge in [-0.2, -0.15) is 0 Å². The molecule has 0 aromatic heterocycles. The summed E-state index contributed by atoms with van der Waals surface area (Å²) < 4.78 is 0. The molecule has 2 unspecified atom stereocenters. The second kappa shape index (κ2) is 8.12. The Bertz CT molecular complexity index is 744. The van der Waals surface area contributed by atoms with Crippen LogP contribution in [0.4, 0.5) is 5.69 Å². The number of piperidine rings is 1. The molecule has 7 nitrogen and oxygen atoms in total. The third-order valence-corrected chi connectivity index (χ3v) is 4.48. The van der Waals surface area contributed by atoms with Crippen LogP contribution in [-0.4, -0.2) is 40.6 Å². The Morgan fingerprint density at radius 3 is 2.50 bits per heavy atom. The minimum atomic E-state index is -0.938. The van der Waals surface area contributed by atoms with Crippen molar-refractivity contribution < 1.29 is 19.2 Å². The van der Waals surface area contributed by atoms with Crippen LogP contribution in [0.3, 0.4) is 0 Å². The van der Waals surface area contributed by atoms with E-state index in [1.807, 2.05) is 27.7 Å². The van der Waals surface area contributed by atoms with E-state index in [1.54, 1.807) is 18.2 Å². The van der Waals surface area contributed by atoms with E-state index in [9.17, 15) is 19.2 Å². The first-order valence-electron chi connectivity index (χ1n) is 9.05. The lowest BCUT2D eigenvalue weighted by Crippen LogP contribution is -2.54. The van der Waals surface area contributed by atoms with Crippen LogP contribution in [0.2, 0.25) is 0 Å². The van der Waals surface area contributed by atoms with Gasteiger partial charge in [-0.25, -0.2) is 0 Å². The molecule has 3 rings (SSSR count). The number of benzene rings is 1. The highest BCUT2D eigenvalue weighted by atomic mass is 16.2. The maximum Gasteiger partial charge on any atom is 0.264 e. The van der Waals surface area contributed by atoms with Gasteiger partial charge in [-0.1, -0.05) is 26.8 Å². The second-order valence-electron chi connectivity index (χ2n) is 6.13. The van der Waals surface area contributed by atoms with Gasteiger partial charge in [-0.15, -0.1) is 0 Å². The monoisotopic (exact) mass is 359 g/mol. The molecule has 2 aliphatic rings. The number of fused-ring (bicyclic) bond motifs is 1. The Morgan fingerprint density at radius 1 is 1.19 bits per heavy atom. The molecular weight excluding hydrogens is 334 g/mol. The molecule has 7 heteroatoms. The summed E-state index contributed by atoms with van der Waals surface area (Å²) in [5.74, 6) is -1.96. The quantitative estimate of drug-likeness (QED) is 0.805. The lowest BCUT2D eigenvalue weighted by molar-refractivity contribution is -0.136. The van der Waals surface area contributed by atoms with Gasteiger partial charge in [0.25, 0.3) is 11.8 Å². The zero-order chi connectivity index (χ0) is 19.4. The van der Waals surface area contributed by atoms with Gasteiger partial charge in [-0.3, -0.25) is 29.4 Å². The van der Waals surface area contributed by atoms with Gasteiger partial charge in [0.2, 0.25) is 11.8 Å². The van der Waals surface area contributed by atoms with Crippen LogP contribution in [0.1, 0.15) is 67.7 Å². The third-order valence-electron chi connectivity index (χ3n) is 4.48. The predicted molar refractivity (Wildman–Crippen MR) is 97.8 cm³/mol. The van der Waals surface area contributed by atoms with Crippen molar-refractivity contribution in [1.82, 2.24) is 10.2 Å². The standard InChI is InChI=1S/C17H19N3O4.C2H6/c1-3-9(2)18-11-6-4-5-10-14(11)17(24)20(16(10)23)12-7-8-13(21)19-15(12)22;1-2/h4-6,9,12,18H,3,7-8H2,1-2H3,(H,19,21,22);1-2H3. The largest absolute Gasteiger partial charge is 0.382 e. The number of anilines is 1. The Labute approximate surface area is 153 Å². The van der Waals surface area contributed by atoms with E-state index >= 15 is 0 Å². The average Bonchev–Trinajstić information content (AvgIpc) is 2.89. The maximum absolute atomic E-state index is 12.8. The number of imide groups is 2. The van der Waals surface area contributed by atoms with Crippen LogP contribution >= 0.6 is 0 Å². The molecule has 2 aliphatic heterocycles. The van der Waals surface area contributed by atoms with Crippen LogP contribution in [0.15, 0.2) is 18.2 Å². The summed E-state index contributed by atoms with van der Waals surface area (Å²) in [4.78, 5) is 49.8. The lowest BCUT2D eigenvalue weighted by atomic mass is 10.0. The van der Waals surface area contributed by atoms with Gasteiger partial charge in [0.15, 0.2) is 0 Å². The summed E-state index contributed by atoms with van der Waals surface area (Å²) in [6, 6.07) is 4.26. The van der Waals surface area contributed by atoms with Crippen LogP contribution in [-0.2, 0) is 9.59 Å². The molecule has 1 fully saturated rings. The molecular formula is C19H25N3O4. The number of amides is 4. The summed E-state index contributed by atoms with van der Waals surface area (Å²) in [7, 11) is 0. The topological polar surface area (TPSA) is 95.6 Å². The number of nitrogens with one attached hydrogen (secondary N) is 2. The van der Waals surface area contributed by atoms with Gasteiger partial charge in [0, 0.05) is 18.2 Å². The first kappa shape index (κ1) is 19.6. The molecule has 1 saturated heterocycles. The summed E-state index contributed by atoms with van der Waals surface area (Å²) >= 11 is 0. The Balaban J connectivity index is 0.00000117. The van der Waals surface area contributed by atoms with Crippen LogP contribution in [0.25, 0.3) is 0 Å². The van der Waals surface area contributed by atoms with E-state index in [0.29, 0.717) is 11.3 Å². The first-order chi connectivity index (χ1) is 12.4. The number of nitrogens with zero attached hydrogens (tertiary/aromatic N) is 1. The third kappa shape index (κ3) is 3.47. The van der Waals surface area contributed by atoms with Crippen LogP contribution in [0.5, 0.6) is 0 Å². The molecule has 2 atom stereocenters. The normalized spacial score (nSPS) is 20.2. The fraction of sp³-hybridized carbons (Fsp3) is 0.474. The summed E-state index contributed by atoms with van der Waals surface area (Å²) in [5.41, 5.74) is 1.18. The van der Waals surface area contributed by atoms with E-state index in [2.05, 4.69) is 10.6 Å². The SMILES string of the molecule is CC.CCC(C)Nc1cccc2c1C(=O)N(C1CCC(=O)NC1=O)C2=O. The van der Waals surface area contributed by atoms with Gasteiger partial charge < -0.3 is 5.32 Å². The van der Waals surface area contributed by atoms with E-state index in [4.69, 9.17) is 0 Å². The second-order valence-corrected chi connectivity index (χ2v) is 6.13. The van der Waals surface area contributed by atoms with Gasteiger partial charge in [0.05, 0.1) is 11.1 Å². The molecule has 4 amide bonds. The molecule has 2 heterocycles. The van der Waals surface area contributed by atoms with Gasteiger partial charge in [-0.05, 0) is 31.9 Å². The molecule has 1 aromatic rings. The summed E-state index contributed by atoms with van der Waals surface area (Å²) in [5, 5.41) is 5.42.